The minimum absolute atomic E-state index is 0.331. The molecule has 0 amide bonds. The molecule has 0 unspecified atom stereocenters. The Kier molecular flexibility index (Phi) is 5.39. The number of nitrogens with one attached hydrogen (secondary N) is 2. The van der Waals surface area contributed by atoms with Crippen molar-refractivity contribution in [1.82, 2.24) is 4.72 Å². The third-order valence-electron chi connectivity index (χ3n) is 3.40. The molecule has 0 atom stereocenters. The maximum absolute atomic E-state index is 12.2. The molecule has 2 N–H and O–H groups in total. The number of benzene rings is 1. The Bertz CT molecular complexity index is 543. The van der Waals surface area contributed by atoms with E-state index in [0.717, 1.165) is 37.9 Å². The highest BCUT2D eigenvalue weighted by Gasteiger charge is 2.16. The second kappa shape index (κ2) is 7.06. The molecule has 0 aliphatic carbocycles. The van der Waals surface area contributed by atoms with Crippen molar-refractivity contribution < 1.29 is 13.2 Å². The molecule has 1 aliphatic rings. The van der Waals surface area contributed by atoms with E-state index in [2.05, 4.69) is 10.0 Å². The Morgan fingerprint density at radius 1 is 1.35 bits per heavy atom. The van der Waals surface area contributed by atoms with Crippen LogP contribution in [0.4, 0.5) is 5.69 Å². The fourth-order valence-electron chi connectivity index (χ4n) is 2.27. The van der Waals surface area contributed by atoms with Crippen LogP contribution in [-0.4, -0.2) is 35.2 Å². The fourth-order valence-corrected chi connectivity index (χ4v) is 3.37. The lowest BCUT2D eigenvalue weighted by Gasteiger charge is -2.18. The zero-order chi connectivity index (χ0) is 14.4. The molecule has 0 fully saturated rings. The molecular formula is C14H22N2O3S. The largest absolute Gasteiger partial charge is 0.385 e. The lowest BCUT2D eigenvalue weighted by atomic mass is 10.0. The first kappa shape index (κ1) is 15.3. The predicted octanol–water partition coefficient (Wildman–Crippen LogP) is 1.75. The van der Waals surface area contributed by atoms with E-state index in [4.69, 9.17) is 4.74 Å². The van der Waals surface area contributed by atoms with E-state index < -0.39 is 10.0 Å². The lowest BCUT2D eigenvalue weighted by Crippen LogP contribution is -2.25. The number of methoxy groups -OCH3 is 1. The van der Waals surface area contributed by atoms with E-state index in [1.807, 2.05) is 6.07 Å². The van der Waals surface area contributed by atoms with E-state index in [0.29, 0.717) is 18.0 Å². The van der Waals surface area contributed by atoms with E-state index >= 15 is 0 Å². The first-order chi connectivity index (χ1) is 9.63. The molecule has 112 valence electrons. The summed E-state index contributed by atoms with van der Waals surface area (Å²) in [5.41, 5.74) is 2.13. The number of unbranched alkanes of at least 4 members (excludes halogenated alkanes) is 1. The quantitative estimate of drug-likeness (QED) is 0.753. The maximum atomic E-state index is 12.2. The van der Waals surface area contributed by atoms with Crippen molar-refractivity contribution in [2.24, 2.45) is 0 Å². The molecule has 5 nitrogen and oxygen atoms in total. The third-order valence-corrected chi connectivity index (χ3v) is 4.86. The van der Waals surface area contributed by atoms with Crippen molar-refractivity contribution in [1.29, 1.82) is 0 Å². The van der Waals surface area contributed by atoms with Crippen molar-refractivity contribution in [3.8, 4) is 0 Å². The van der Waals surface area contributed by atoms with Gasteiger partial charge < -0.3 is 10.1 Å². The molecular weight excluding hydrogens is 276 g/mol. The average molecular weight is 298 g/mol. The summed E-state index contributed by atoms with van der Waals surface area (Å²) in [6.45, 7) is 2.00. The summed E-state index contributed by atoms with van der Waals surface area (Å²) >= 11 is 0. The predicted molar refractivity (Wildman–Crippen MR) is 79.6 cm³/mol. The Morgan fingerprint density at radius 3 is 3.00 bits per heavy atom. The maximum Gasteiger partial charge on any atom is 0.240 e. The van der Waals surface area contributed by atoms with E-state index in [9.17, 15) is 8.42 Å². The van der Waals surface area contributed by atoms with Crippen LogP contribution >= 0.6 is 0 Å². The second-order valence-electron chi connectivity index (χ2n) is 4.95. The number of fused-ring (bicyclic) bond motifs is 1. The number of rotatable bonds is 7. The molecule has 1 heterocycles. The van der Waals surface area contributed by atoms with Crippen LogP contribution < -0.4 is 10.0 Å². The number of ether oxygens (including phenoxy) is 1. The highest BCUT2D eigenvalue weighted by molar-refractivity contribution is 7.89. The van der Waals surface area contributed by atoms with Gasteiger partial charge in [-0.1, -0.05) is 6.07 Å². The summed E-state index contributed by atoms with van der Waals surface area (Å²) in [6, 6.07) is 5.32. The normalized spacial score (nSPS) is 14.7. The standard InChI is InChI=1S/C14H22N2O3S/c1-19-10-3-2-9-16-20(17,18)13-7-6-12-5-4-8-15-14(12)11-13/h6-7,11,15-16H,2-5,8-10H2,1H3. The molecule has 0 radical (unpaired) electrons. The van der Waals surface area contributed by atoms with Gasteiger partial charge in [-0.15, -0.1) is 0 Å². The van der Waals surface area contributed by atoms with Gasteiger partial charge in [-0.2, -0.15) is 0 Å². The Hall–Kier alpha value is -1.11. The molecule has 0 saturated heterocycles. The molecule has 0 bridgehead atoms. The molecule has 20 heavy (non-hydrogen) atoms. The molecule has 1 aliphatic heterocycles. The summed E-state index contributed by atoms with van der Waals surface area (Å²) in [7, 11) is -1.77. The summed E-state index contributed by atoms with van der Waals surface area (Å²) in [6.07, 6.45) is 3.73. The molecule has 6 heteroatoms. The number of aryl methyl sites for hydroxylation is 1. The summed E-state index contributed by atoms with van der Waals surface area (Å²) in [4.78, 5) is 0.331. The Balaban J connectivity index is 1.98. The number of anilines is 1. The van der Waals surface area contributed by atoms with Gasteiger partial charge in [0.25, 0.3) is 0 Å². The summed E-state index contributed by atoms with van der Waals surface area (Å²) < 4.78 is 31.9. The lowest BCUT2D eigenvalue weighted by molar-refractivity contribution is 0.193. The summed E-state index contributed by atoms with van der Waals surface area (Å²) in [5, 5.41) is 3.25. The van der Waals surface area contributed by atoms with Crippen LogP contribution in [0, 0.1) is 0 Å². The Morgan fingerprint density at radius 2 is 2.20 bits per heavy atom. The van der Waals surface area contributed by atoms with E-state index in [1.54, 1.807) is 19.2 Å². The minimum Gasteiger partial charge on any atom is -0.385 e. The fraction of sp³-hybridized carbons (Fsp3) is 0.571. The van der Waals surface area contributed by atoms with E-state index in [1.165, 1.54) is 5.56 Å². The minimum atomic E-state index is -3.41. The zero-order valence-corrected chi connectivity index (χ0v) is 12.6. The van der Waals surface area contributed by atoms with Gasteiger partial charge >= 0.3 is 0 Å². The van der Waals surface area contributed by atoms with Gasteiger partial charge in [0.2, 0.25) is 10.0 Å². The van der Waals surface area contributed by atoms with Crippen molar-refractivity contribution in [3.05, 3.63) is 23.8 Å². The van der Waals surface area contributed by atoms with Crippen LogP contribution in [0.25, 0.3) is 0 Å². The van der Waals surface area contributed by atoms with Gasteiger partial charge in [0, 0.05) is 32.5 Å². The van der Waals surface area contributed by atoms with Crippen molar-refractivity contribution in [3.63, 3.8) is 0 Å². The molecule has 1 aromatic carbocycles. The van der Waals surface area contributed by atoms with E-state index in [-0.39, 0.29) is 0 Å². The molecule has 0 saturated carbocycles. The van der Waals surface area contributed by atoms with Crippen molar-refractivity contribution >= 4 is 15.7 Å². The van der Waals surface area contributed by atoms with Crippen LogP contribution in [0.1, 0.15) is 24.8 Å². The van der Waals surface area contributed by atoms with Gasteiger partial charge in [-0.3, -0.25) is 0 Å². The summed E-state index contributed by atoms with van der Waals surface area (Å²) in [5.74, 6) is 0. The molecule has 1 aromatic rings. The third kappa shape index (κ3) is 3.94. The SMILES string of the molecule is COCCCCNS(=O)(=O)c1ccc2c(c1)NCCC2. The first-order valence-corrected chi connectivity index (χ1v) is 8.47. The average Bonchev–Trinajstić information content (AvgIpc) is 2.46. The van der Waals surface area contributed by atoms with Gasteiger partial charge in [-0.05, 0) is 43.4 Å². The van der Waals surface area contributed by atoms with Gasteiger partial charge in [-0.25, -0.2) is 13.1 Å². The highest BCUT2D eigenvalue weighted by Crippen LogP contribution is 2.25. The van der Waals surface area contributed by atoms with Gasteiger partial charge in [0.15, 0.2) is 0 Å². The second-order valence-corrected chi connectivity index (χ2v) is 6.71. The monoisotopic (exact) mass is 298 g/mol. The zero-order valence-electron chi connectivity index (χ0n) is 11.8. The number of hydrogen-bond acceptors (Lipinski definition) is 4. The topological polar surface area (TPSA) is 67.4 Å². The van der Waals surface area contributed by atoms with Crippen LogP contribution in [-0.2, 0) is 21.2 Å². The molecule has 2 rings (SSSR count). The van der Waals surface area contributed by atoms with Gasteiger partial charge in [0.05, 0.1) is 4.90 Å². The Labute approximate surface area is 120 Å². The van der Waals surface area contributed by atoms with Crippen molar-refractivity contribution in [2.45, 2.75) is 30.6 Å². The smallest absolute Gasteiger partial charge is 0.240 e. The van der Waals surface area contributed by atoms with Crippen LogP contribution in [0.15, 0.2) is 23.1 Å². The van der Waals surface area contributed by atoms with Crippen LogP contribution in [0.3, 0.4) is 0 Å². The first-order valence-electron chi connectivity index (χ1n) is 6.99. The molecule has 0 aromatic heterocycles. The van der Waals surface area contributed by atoms with Crippen molar-refractivity contribution in [2.75, 3.05) is 32.1 Å². The molecule has 0 spiro atoms. The number of sulfonamides is 1. The van der Waals surface area contributed by atoms with Gasteiger partial charge in [0.1, 0.15) is 0 Å². The highest BCUT2D eigenvalue weighted by atomic mass is 32.2. The number of hydrogen-bond donors (Lipinski definition) is 2. The van der Waals surface area contributed by atoms with Crippen LogP contribution in [0.5, 0.6) is 0 Å². The van der Waals surface area contributed by atoms with Crippen LogP contribution in [0.2, 0.25) is 0 Å².